The molecular formula is C22H25N3O3S. The van der Waals surface area contributed by atoms with Crippen LogP contribution >= 0.6 is 11.8 Å². The lowest BCUT2D eigenvalue weighted by Gasteiger charge is -2.29. The molecule has 0 unspecified atom stereocenters. The van der Waals surface area contributed by atoms with E-state index in [1.54, 1.807) is 43.1 Å². The first-order valence-corrected chi connectivity index (χ1v) is 11.1. The third-order valence-electron chi connectivity index (χ3n) is 5.78. The molecule has 2 amide bonds. The highest BCUT2D eigenvalue weighted by Crippen LogP contribution is 2.47. The number of ether oxygens (including phenoxy) is 1. The zero-order valence-electron chi connectivity index (χ0n) is 16.5. The first-order chi connectivity index (χ1) is 14.1. The van der Waals surface area contributed by atoms with Gasteiger partial charge in [-0.3, -0.25) is 14.9 Å². The summed E-state index contributed by atoms with van der Waals surface area (Å²) >= 11 is 1.77. The summed E-state index contributed by atoms with van der Waals surface area (Å²) in [6.45, 7) is 0. The molecular weight excluding hydrogens is 386 g/mol. The van der Waals surface area contributed by atoms with Crippen LogP contribution in [0.4, 0.5) is 11.4 Å². The van der Waals surface area contributed by atoms with Crippen LogP contribution in [0, 0.1) is 5.92 Å². The minimum Gasteiger partial charge on any atom is -0.497 e. The summed E-state index contributed by atoms with van der Waals surface area (Å²) in [5, 5.41) is 9.50. The number of benzene rings is 2. The van der Waals surface area contributed by atoms with Crippen LogP contribution in [-0.4, -0.2) is 37.0 Å². The van der Waals surface area contributed by atoms with Gasteiger partial charge in [-0.1, -0.05) is 18.2 Å². The molecule has 2 aromatic carbocycles. The van der Waals surface area contributed by atoms with E-state index in [1.165, 1.54) is 0 Å². The molecule has 152 valence electrons. The standard InChI is InChI=1S/C22H25N3O3S/c1-28-16-9-7-14(8-10-16)23-20(26)18-13-15(11-12-29-2)25-22(18)17-5-3-4-6-19(17)24-21(22)27/h3-10,15,18,25H,11-13H2,1-2H3,(H,23,26)(H,24,27)/t15-,18-,22+/m0/s1. The fourth-order valence-electron chi connectivity index (χ4n) is 4.37. The summed E-state index contributed by atoms with van der Waals surface area (Å²) < 4.78 is 5.18. The van der Waals surface area contributed by atoms with Gasteiger partial charge in [-0.2, -0.15) is 11.8 Å². The van der Waals surface area contributed by atoms with Crippen LogP contribution in [0.3, 0.4) is 0 Å². The van der Waals surface area contributed by atoms with Gasteiger partial charge in [0.1, 0.15) is 11.3 Å². The molecule has 0 saturated carbocycles. The van der Waals surface area contributed by atoms with Crippen LogP contribution in [0.2, 0.25) is 0 Å². The van der Waals surface area contributed by atoms with E-state index < -0.39 is 11.5 Å². The van der Waals surface area contributed by atoms with E-state index in [9.17, 15) is 9.59 Å². The Morgan fingerprint density at radius 1 is 1.24 bits per heavy atom. The SMILES string of the molecule is COc1ccc(NC(=O)[C@@H]2C[C@H](CCSC)N[C@@]23C(=O)Nc2ccccc23)cc1. The van der Waals surface area contributed by atoms with Gasteiger partial charge in [0.25, 0.3) is 0 Å². The molecule has 2 aliphatic rings. The fraction of sp³-hybridized carbons (Fsp3) is 0.364. The summed E-state index contributed by atoms with van der Waals surface area (Å²) in [4.78, 5) is 26.5. The molecule has 1 fully saturated rings. The monoisotopic (exact) mass is 411 g/mol. The van der Waals surface area contributed by atoms with Gasteiger partial charge in [0.2, 0.25) is 11.8 Å². The van der Waals surface area contributed by atoms with E-state index >= 15 is 0 Å². The van der Waals surface area contributed by atoms with Gasteiger partial charge in [0, 0.05) is 23.0 Å². The summed E-state index contributed by atoms with van der Waals surface area (Å²) in [5.41, 5.74) is 1.28. The highest BCUT2D eigenvalue weighted by molar-refractivity contribution is 7.98. The lowest BCUT2D eigenvalue weighted by Crippen LogP contribution is -2.52. The van der Waals surface area contributed by atoms with Gasteiger partial charge in [0.05, 0.1) is 13.0 Å². The van der Waals surface area contributed by atoms with E-state index in [-0.39, 0.29) is 17.9 Å². The molecule has 0 bridgehead atoms. The largest absolute Gasteiger partial charge is 0.497 e. The summed E-state index contributed by atoms with van der Waals surface area (Å²) in [7, 11) is 1.60. The Balaban J connectivity index is 1.65. The minimum atomic E-state index is -1.03. The molecule has 6 nitrogen and oxygen atoms in total. The second-order valence-corrected chi connectivity index (χ2v) is 8.42. The Morgan fingerprint density at radius 3 is 2.72 bits per heavy atom. The maximum absolute atomic E-state index is 13.3. The highest BCUT2D eigenvalue weighted by Gasteiger charge is 2.59. The molecule has 0 aromatic heterocycles. The van der Waals surface area contributed by atoms with Gasteiger partial charge in [-0.05, 0) is 55.2 Å². The molecule has 7 heteroatoms. The summed E-state index contributed by atoms with van der Waals surface area (Å²) in [5.74, 6) is 0.897. The van der Waals surface area contributed by atoms with Crippen molar-refractivity contribution in [1.29, 1.82) is 0 Å². The maximum atomic E-state index is 13.3. The number of nitrogens with one attached hydrogen (secondary N) is 3. The average molecular weight is 412 g/mol. The normalized spacial score (nSPS) is 25.0. The van der Waals surface area contributed by atoms with Crippen molar-refractivity contribution in [3.63, 3.8) is 0 Å². The van der Waals surface area contributed by atoms with Crippen LogP contribution in [0.15, 0.2) is 48.5 Å². The van der Waals surface area contributed by atoms with Gasteiger partial charge in [0.15, 0.2) is 0 Å². The number of hydrogen-bond donors (Lipinski definition) is 3. The highest BCUT2D eigenvalue weighted by atomic mass is 32.2. The Hall–Kier alpha value is -2.51. The topological polar surface area (TPSA) is 79.5 Å². The van der Waals surface area contributed by atoms with E-state index in [4.69, 9.17) is 4.74 Å². The Kier molecular flexibility index (Phi) is 5.52. The van der Waals surface area contributed by atoms with E-state index in [0.29, 0.717) is 12.1 Å². The molecule has 2 heterocycles. The maximum Gasteiger partial charge on any atom is 0.250 e. The molecule has 0 aliphatic carbocycles. The van der Waals surface area contributed by atoms with Crippen molar-refractivity contribution in [3.8, 4) is 5.75 Å². The van der Waals surface area contributed by atoms with Gasteiger partial charge < -0.3 is 15.4 Å². The lowest BCUT2D eigenvalue weighted by atomic mass is 9.79. The van der Waals surface area contributed by atoms with Crippen molar-refractivity contribution in [2.24, 2.45) is 5.92 Å². The number of carbonyl (C=O) groups excluding carboxylic acids is 2. The molecule has 4 rings (SSSR count). The minimum absolute atomic E-state index is 0.103. The molecule has 1 saturated heterocycles. The molecule has 1 spiro atoms. The summed E-state index contributed by atoms with van der Waals surface area (Å²) in [6.07, 6.45) is 3.59. The van der Waals surface area contributed by atoms with Crippen LogP contribution in [0.1, 0.15) is 18.4 Å². The first-order valence-electron chi connectivity index (χ1n) is 9.71. The molecule has 3 N–H and O–H groups in total. The van der Waals surface area contributed by atoms with E-state index in [0.717, 1.165) is 29.2 Å². The van der Waals surface area contributed by atoms with Gasteiger partial charge in [-0.15, -0.1) is 0 Å². The zero-order chi connectivity index (χ0) is 20.4. The molecule has 2 aromatic rings. The number of methoxy groups -OCH3 is 1. The number of thioether (sulfide) groups is 1. The lowest BCUT2D eigenvalue weighted by molar-refractivity contribution is -0.130. The number of amides is 2. The molecule has 0 radical (unpaired) electrons. The van der Waals surface area contributed by atoms with E-state index in [2.05, 4.69) is 22.2 Å². The Bertz CT molecular complexity index is 918. The number of anilines is 2. The molecule has 29 heavy (non-hydrogen) atoms. The Morgan fingerprint density at radius 2 is 2.00 bits per heavy atom. The van der Waals surface area contributed by atoms with Crippen LogP contribution in [0.5, 0.6) is 5.75 Å². The van der Waals surface area contributed by atoms with Crippen molar-refractivity contribution in [2.75, 3.05) is 29.8 Å². The first kappa shape index (κ1) is 19.8. The third kappa shape index (κ3) is 3.49. The van der Waals surface area contributed by atoms with Crippen molar-refractivity contribution < 1.29 is 14.3 Å². The number of fused-ring (bicyclic) bond motifs is 2. The molecule has 3 atom stereocenters. The average Bonchev–Trinajstić information content (AvgIpc) is 3.26. The fourth-order valence-corrected chi connectivity index (χ4v) is 4.89. The van der Waals surface area contributed by atoms with Crippen molar-refractivity contribution in [2.45, 2.75) is 24.4 Å². The van der Waals surface area contributed by atoms with Gasteiger partial charge >= 0.3 is 0 Å². The zero-order valence-corrected chi connectivity index (χ0v) is 17.3. The van der Waals surface area contributed by atoms with Crippen molar-refractivity contribution >= 4 is 35.0 Å². The Labute approximate surface area is 174 Å². The predicted molar refractivity (Wildman–Crippen MR) is 116 cm³/mol. The van der Waals surface area contributed by atoms with Crippen LogP contribution in [-0.2, 0) is 15.1 Å². The number of carbonyl (C=O) groups is 2. The van der Waals surface area contributed by atoms with Crippen LogP contribution < -0.4 is 20.7 Å². The second-order valence-electron chi connectivity index (χ2n) is 7.44. The molecule has 2 aliphatic heterocycles. The number of hydrogen-bond acceptors (Lipinski definition) is 5. The predicted octanol–water partition coefficient (Wildman–Crippen LogP) is 3.21. The van der Waals surface area contributed by atoms with Crippen LogP contribution in [0.25, 0.3) is 0 Å². The number of para-hydroxylation sites is 1. The van der Waals surface area contributed by atoms with E-state index in [1.807, 2.05) is 24.3 Å². The third-order valence-corrected chi connectivity index (χ3v) is 6.42. The summed E-state index contributed by atoms with van der Waals surface area (Å²) in [6, 6.07) is 14.9. The quantitative estimate of drug-likeness (QED) is 0.680. The number of rotatable bonds is 6. The van der Waals surface area contributed by atoms with Crippen molar-refractivity contribution in [3.05, 3.63) is 54.1 Å². The smallest absolute Gasteiger partial charge is 0.250 e. The second kappa shape index (κ2) is 8.08. The van der Waals surface area contributed by atoms with Crippen molar-refractivity contribution in [1.82, 2.24) is 5.32 Å². The van der Waals surface area contributed by atoms with Gasteiger partial charge in [-0.25, -0.2) is 0 Å².